The molecule has 0 spiro atoms. The Kier molecular flexibility index (Phi) is 2.92. The normalized spacial score (nSPS) is 11.4. The summed E-state index contributed by atoms with van der Waals surface area (Å²) in [4.78, 5) is 11.2. The number of carbonyl (C=O) groups excluding carboxylic acids is 1. The van der Waals surface area contributed by atoms with Crippen molar-refractivity contribution >= 4 is 21.6 Å². The number of aromatic nitrogens is 2. The SMILES string of the molecule is CC(=O)c1cccc(S(=O)(=O)n2ccc(N)n2)c1. The lowest BCUT2D eigenvalue weighted by Crippen LogP contribution is -2.14. The highest BCUT2D eigenvalue weighted by atomic mass is 32.2. The number of benzene rings is 1. The number of ketones is 1. The number of nitrogen functional groups attached to an aromatic ring is 1. The number of anilines is 1. The van der Waals surface area contributed by atoms with Crippen LogP contribution in [0.4, 0.5) is 5.82 Å². The summed E-state index contributed by atoms with van der Waals surface area (Å²) in [6.45, 7) is 1.37. The molecule has 1 aromatic carbocycles. The minimum absolute atomic E-state index is 0.00157. The number of hydrogen-bond donors (Lipinski definition) is 1. The van der Waals surface area contributed by atoms with E-state index in [0.29, 0.717) is 5.56 Å². The Hall–Kier alpha value is -2.15. The van der Waals surface area contributed by atoms with Gasteiger partial charge in [-0.2, -0.15) is 12.5 Å². The summed E-state index contributed by atoms with van der Waals surface area (Å²) in [5.74, 6) is -0.0895. The van der Waals surface area contributed by atoms with Crippen LogP contribution in [0, 0.1) is 0 Å². The number of hydrogen-bond acceptors (Lipinski definition) is 5. The third-order valence-electron chi connectivity index (χ3n) is 2.37. The average Bonchev–Trinajstić information content (AvgIpc) is 2.77. The van der Waals surface area contributed by atoms with Gasteiger partial charge < -0.3 is 5.73 Å². The molecule has 0 saturated heterocycles. The van der Waals surface area contributed by atoms with Crippen LogP contribution < -0.4 is 5.73 Å². The molecule has 0 radical (unpaired) electrons. The van der Waals surface area contributed by atoms with Crippen molar-refractivity contribution in [3.8, 4) is 0 Å². The quantitative estimate of drug-likeness (QED) is 0.832. The minimum atomic E-state index is -3.80. The molecule has 0 aliphatic rings. The lowest BCUT2D eigenvalue weighted by Gasteiger charge is -2.05. The van der Waals surface area contributed by atoms with Crippen molar-refractivity contribution in [2.45, 2.75) is 11.8 Å². The first-order valence-electron chi connectivity index (χ1n) is 5.09. The second kappa shape index (κ2) is 4.26. The van der Waals surface area contributed by atoms with Gasteiger partial charge in [-0.3, -0.25) is 4.79 Å². The molecule has 2 aromatic rings. The molecule has 0 atom stereocenters. The molecule has 1 heterocycles. The number of Topliss-reactive ketones (excluding diaryl/α,β-unsaturated/α-hetero) is 1. The molecular weight excluding hydrogens is 254 g/mol. The van der Waals surface area contributed by atoms with Crippen LogP contribution >= 0.6 is 0 Å². The van der Waals surface area contributed by atoms with Gasteiger partial charge in [-0.05, 0) is 19.1 Å². The van der Waals surface area contributed by atoms with E-state index in [1.165, 1.54) is 37.4 Å². The fourth-order valence-electron chi connectivity index (χ4n) is 1.44. The molecule has 7 heteroatoms. The molecule has 6 nitrogen and oxygen atoms in total. The molecular formula is C11H11N3O3S. The van der Waals surface area contributed by atoms with Crippen molar-refractivity contribution in [1.29, 1.82) is 0 Å². The third-order valence-corrected chi connectivity index (χ3v) is 3.92. The van der Waals surface area contributed by atoms with E-state index in [0.717, 1.165) is 4.09 Å². The monoisotopic (exact) mass is 265 g/mol. The van der Waals surface area contributed by atoms with Crippen molar-refractivity contribution < 1.29 is 13.2 Å². The van der Waals surface area contributed by atoms with Gasteiger partial charge in [0, 0.05) is 17.8 Å². The van der Waals surface area contributed by atoms with E-state index in [2.05, 4.69) is 5.10 Å². The maximum absolute atomic E-state index is 12.2. The van der Waals surface area contributed by atoms with Crippen LogP contribution in [-0.2, 0) is 10.0 Å². The first kappa shape index (κ1) is 12.3. The highest BCUT2D eigenvalue weighted by Gasteiger charge is 2.18. The zero-order chi connectivity index (χ0) is 13.3. The molecule has 2 rings (SSSR count). The molecule has 0 saturated carbocycles. The Morgan fingerprint density at radius 1 is 1.33 bits per heavy atom. The van der Waals surface area contributed by atoms with Crippen LogP contribution in [0.15, 0.2) is 41.4 Å². The summed E-state index contributed by atoms with van der Waals surface area (Å²) in [7, 11) is -3.80. The first-order chi connectivity index (χ1) is 8.41. The predicted octanol–water partition coefficient (Wildman–Crippen LogP) is 0.905. The van der Waals surface area contributed by atoms with E-state index in [1.54, 1.807) is 6.07 Å². The summed E-state index contributed by atoms with van der Waals surface area (Å²) in [6, 6.07) is 7.16. The Balaban J connectivity index is 2.54. The van der Waals surface area contributed by atoms with Crippen molar-refractivity contribution in [2.75, 3.05) is 5.73 Å². The van der Waals surface area contributed by atoms with Crippen LogP contribution in [0.1, 0.15) is 17.3 Å². The Morgan fingerprint density at radius 2 is 2.06 bits per heavy atom. The van der Waals surface area contributed by atoms with Crippen molar-refractivity contribution in [2.24, 2.45) is 0 Å². The van der Waals surface area contributed by atoms with Gasteiger partial charge in [0.05, 0.1) is 4.90 Å². The van der Waals surface area contributed by atoms with E-state index < -0.39 is 10.0 Å². The van der Waals surface area contributed by atoms with Gasteiger partial charge in [-0.1, -0.05) is 12.1 Å². The number of carbonyl (C=O) groups is 1. The summed E-state index contributed by atoms with van der Waals surface area (Å²) < 4.78 is 25.1. The second-order valence-corrected chi connectivity index (χ2v) is 5.50. The van der Waals surface area contributed by atoms with E-state index in [1.807, 2.05) is 0 Å². The van der Waals surface area contributed by atoms with E-state index in [-0.39, 0.29) is 16.5 Å². The minimum Gasteiger partial charge on any atom is -0.382 e. The number of nitrogens with two attached hydrogens (primary N) is 1. The average molecular weight is 265 g/mol. The van der Waals surface area contributed by atoms with E-state index in [4.69, 9.17) is 5.73 Å². The zero-order valence-corrected chi connectivity index (χ0v) is 10.4. The van der Waals surface area contributed by atoms with Crippen LogP contribution in [0.5, 0.6) is 0 Å². The standard InChI is InChI=1S/C11H11N3O3S/c1-8(15)9-3-2-4-10(7-9)18(16,17)14-6-5-11(12)13-14/h2-7H,1H3,(H2,12,13). The molecule has 0 aliphatic carbocycles. The van der Waals surface area contributed by atoms with Crippen molar-refractivity contribution in [3.05, 3.63) is 42.1 Å². The number of nitrogens with zero attached hydrogens (tertiary/aromatic N) is 2. The summed E-state index contributed by atoms with van der Waals surface area (Å²) >= 11 is 0. The predicted molar refractivity (Wildman–Crippen MR) is 65.7 cm³/mol. The Morgan fingerprint density at radius 3 is 2.61 bits per heavy atom. The molecule has 0 bridgehead atoms. The van der Waals surface area contributed by atoms with Crippen LogP contribution in [-0.4, -0.2) is 23.4 Å². The summed E-state index contributed by atoms with van der Waals surface area (Å²) in [5.41, 5.74) is 5.71. The van der Waals surface area contributed by atoms with E-state index >= 15 is 0 Å². The van der Waals surface area contributed by atoms with E-state index in [9.17, 15) is 13.2 Å². The van der Waals surface area contributed by atoms with Crippen molar-refractivity contribution in [3.63, 3.8) is 0 Å². The fraction of sp³-hybridized carbons (Fsp3) is 0.0909. The Labute approximate surface area is 104 Å². The Bertz CT molecular complexity index is 704. The molecule has 94 valence electrons. The molecule has 18 heavy (non-hydrogen) atoms. The maximum Gasteiger partial charge on any atom is 0.283 e. The lowest BCUT2D eigenvalue weighted by molar-refractivity contribution is 0.101. The highest BCUT2D eigenvalue weighted by molar-refractivity contribution is 7.89. The van der Waals surface area contributed by atoms with Gasteiger partial charge in [0.25, 0.3) is 10.0 Å². The van der Waals surface area contributed by atoms with Crippen LogP contribution in [0.3, 0.4) is 0 Å². The molecule has 1 aromatic heterocycles. The molecule has 0 aliphatic heterocycles. The van der Waals surface area contributed by atoms with Gasteiger partial charge in [0.1, 0.15) is 5.82 Å². The van der Waals surface area contributed by atoms with Gasteiger partial charge >= 0.3 is 0 Å². The van der Waals surface area contributed by atoms with Gasteiger partial charge in [-0.25, -0.2) is 0 Å². The molecule has 2 N–H and O–H groups in total. The number of rotatable bonds is 3. The smallest absolute Gasteiger partial charge is 0.283 e. The van der Waals surface area contributed by atoms with Gasteiger partial charge in [0.2, 0.25) is 0 Å². The second-order valence-electron chi connectivity index (χ2n) is 3.70. The first-order valence-corrected chi connectivity index (χ1v) is 6.53. The van der Waals surface area contributed by atoms with Gasteiger partial charge in [0.15, 0.2) is 5.78 Å². The zero-order valence-electron chi connectivity index (χ0n) is 9.57. The third kappa shape index (κ3) is 2.12. The van der Waals surface area contributed by atoms with Crippen LogP contribution in [0.25, 0.3) is 0 Å². The molecule has 0 unspecified atom stereocenters. The molecule has 0 fully saturated rings. The topological polar surface area (TPSA) is 95.0 Å². The fourth-order valence-corrected chi connectivity index (χ4v) is 2.60. The van der Waals surface area contributed by atoms with Crippen molar-refractivity contribution in [1.82, 2.24) is 9.19 Å². The highest BCUT2D eigenvalue weighted by Crippen LogP contribution is 2.15. The largest absolute Gasteiger partial charge is 0.382 e. The van der Waals surface area contributed by atoms with Gasteiger partial charge in [-0.15, -0.1) is 5.10 Å². The summed E-state index contributed by atoms with van der Waals surface area (Å²) in [6.07, 6.45) is 1.26. The van der Waals surface area contributed by atoms with Crippen LogP contribution in [0.2, 0.25) is 0 Å². The lowest BCUT2D eigenvalue weighted by atomic mass is 10.2. The maximum atomic E-state index is 12.2. The molecule has 0 amide bonds. The summed E-state index contributed by atoms with van der Waals surface area (Å²) in [5, 5.41) is 3.65.